The van der Waals surface area contributed by atoms with Crippen molar-refractivity contribution >= 4 is 11.6 Å². The van der Waals surface area contributed by atoms with Crippen molar-refractivity contribution in [1.82, 2.24) is 0 Å². The Morgan fingerprint density at radius 1 is 1.54 bits per heavy atom. The third-order valence-electron chi connectivity index (χ3n) is 1.48. The van der Waals surface area contributed by atoms with E-state index in [0.717, 1.165) is 6.42 Å². The molecule has 72 valence electrons. The van der Waals surface area contributed by atoms with Crippen LogP contribution in [-0.4, -0.2) is 11.7 Å². The van der Waals surface area contributed by atoms with E-state index in [1.165, 1.54) is 12.1 Å². The van der Waals surface area contributed by atoms with Crippen LogP contribution in [0.5, 0.6) is 11.5 Å². The molecule has 0 fully saturated rings. The normalized spacial score (nSPS) is 10.1. The Bertz CT molecular complexity index is 302. The third-order valence-corrected chi connectivity index (χ3v) is 1.78. The number of benzene rings is 1. The molecule has 1 aromatic carbocycles. The molecule has 0 spiro atoms. The first-order chi connectivity index (χ1) is 6.16. The Morgan fingerprint density at radius 2 is 2.23 bits per heavy atom. The van der Waals surface area contributed by atoms with Gasteiger partial charge in [0.2, 0.25) is 5.82 Å². The minimum atomic E-state index is -0.805. The number of ether oxygens (including phenoxy) is 1. The van der Waals surface area contributed by atoms with Crippen LogP contribution in [0.15, 0.2) is 12.1 Å². The second-order valence-corrected chi connectivity index (χ2v) is 2.97. The Balaban J connectivity index is 2.96. The van der Waals surface area contributed by atoms with Crippen LogP contribution < -0.4 is 4.74 Å². The number of hydrogen-bond acceptors (Lipinski definition) is 2. The zero-order valence-corrected chi connectivity index (χ0v) is 7.94. The van der Waals surface area contributed by atoms with E-state index in [9.17, 15) is 4.39 Å². The van der Waals surface area contributed by atoms with Crippen LogP contribution in [0, 0.1) is 5.82 Å². The molecule has 1 aromatic rings. The largest absolute Gasteiger partial charge is 0.505 e. The molecule has 0 saturated carbocycles. The van der Waals surface area contributed by atoms with Crippen LogP contribution in [0.2, 0.25) is 5.02 Å². The van der Waals surface area contributed by atoms with E-state index in [4.69, 9.17) is 21.4 Å². The maximum absolute atomic E-state index is 13.1. The highest BCUT2D eigenvalue weighted by Crippen LogP contribution is 2.33. The lowest BCUT2D eigenvalue weighted by atomic mass is 10.3. The first-order valence-electron chi connectivity index (χ1n) is 3.96. The van der Waals surface area contributed by atoms with E-state index >= 15 is 0 Å². The summed E-state index contributed by atoms with van der Waals surface area (Å²) in [5.41, 5.74) is 0. The van der Waals surface area contributed by atoms with Crippen molar-refractivity contribution in [3.63, 3.8) is 0 Å². The predicted octanol–water partition coefficient (Wildman–Crippen LogP) is 2.97. The van der Waals surface area contributed by atoms with Gasteiger partial charge in [0.25, 0.3) is 0 Å². The zero-order valence-electron chi connectivity index (χ0n) is 7.18. The Kier molecular flexibility index (Phi) is 3.37. The van der Waals surface area contributed by atoms with Gasteiger partial charge in [-0.3, -0.25) is 0 Å². The highest BCUT2D eigenvalue weighted by Gasteiger charge is 2.12. The van der Waals surface area contributed by atoms with Crippen LogP contribution in [-0.2, 0) is 0 Å². The van der Waals surface area contributed by atoms with E-state index in [1.807, 2.05) is 6.92 Å². The first-order valence-corrected chi connectivity index (χ1v) is 4.34. The van der Waals surface area contributed by atoms with Crippen LogP contribution in [0.4, 0.5) is 4.39 Å². The molecule has 0 aliphatic carbocycles. The number of aromatic hydroxyl groups is 1. The smallest absolute Gasteiger partial charge is 0.208 e. The maximum atomic E-state index is 13.1. The molecule has 0 unspecified atom stereocenters. The molecular formula is C9H10ClFO2. The van der Waals surface area contributed by atoms with Crippen molar-refractivity contribution in [3.05, 3.63) is 23.0 Å². The zero-order chi connectivity index (χ0) is 9.84. The first kappa shape index (κ1) is 10.1. The average Bonchev–Trinajstić information content (AvgIpc) is 2.12. The monoisotopic (exact) mass is 204 g/mol. The minimum Gasteiger partial charge on any atom is -0.505 e. The summed E-state index contributed by atoms with van der Waals surface area (Å²) >= 11 is 5.66. The molecule has 0 aliphatic heterocycles. The molecule has 0 heterocycles. The number of phenols is 1. The van der Waals surface area contributed by atoms with E-state index in [0.29, 0.717) is 6.61 Å². The van der Waals surface area contributed by atoms with E-state index < -0.39 is 11.6 Å². The molecule has 1 N–H and O–H groups in total. The standard InChI is InChI=1S/C9H10ClFO2/c1-2-5-13-9-6(10)3-4-7(12)8(9)11/h3-4,12H,2,5H2,1H3. The summed E-state index contributed by atoms with van der Waals surface area (Å²) in [5, 5.41) is 9.18. The van der Waals surface area contributed by atoms with E-state index in [-0.39, 0.29) is 10.8 Å². The highest BCUT2D eigenvalue weighted by molar-refractivity contribution is 6.32. The number of hydrogen-bond donors (Lipinski definition) is 1. The molecule has 0 amide bonds. The highest BCUT2D eigenvalue weighted by atomic mass is 35.5. The summed E-state index contributed by atoms with van der Waals surface area (Å²) in [6, 6.07) is 2.58. The average molecular weight is 205 g/mol. The van der Waals surface area contributed by atoms with Gasteiger partial charge < -0.3 is 9.84 Å². The lowest BCUT2D eigenvalue weighted by Crippen LogP contribution is -1.98. The molecule has 0 aliphatic rings. The quantitative estimate of drug-likeness (QED) is 0.820. The van der Waals surface area contributed by atoms with Crippen molar-refractivity contribution in [2.24, 2.45) is 0 Å². The fourth-order valence-corrected chi connectivity index (χ4v) is 1.06. The van der Waals surface area contributed by atoms with Crippen LogP contribution >= 0.6 is 11.6 Å². The molecule has 0 atom stereocenters. The molecule has 13 heavy (non-hydrogen) atoms. The molecule has 0 radical (unpaired) electrons. The van der Waals surface area contributed by atoms with Crippen molar-refractivity contribution < 1.29 is 14.2 Å². The predicted molar refractivity (Wildman–Crippen MR) is 48.9 cm³/mol. The van der Waals surface area contributed by atoms with E-state index in [2.05, 4.69) is 0 Å². The van der Waals surface area contributed by atoms with Crippen molar-refractivity contribution in [2.75, 3.05) is 6.61 Å². The van der Waals surface area contributed by atoms with Gasteiger partial charge in [-0.25, -0.2) is 0 Å². The number of halogens is 2. The van der Waals surface area contributed by atoms with Gasteiger partial charge in [-0.15, -0.1) is 0 Å². The van der Waals surface area contributed by atoms with Gasteiger partial charge in [-0.05, 0) is 18.6 Å². The molecule has 4 heteroatoms. The molecule has 0 aromatic heterocycles. The van der Waals surface area contributed by atoms with Gasteiger partial charge in [-0.1, -0.05) is 18.5 Å². The molecular weight excluding hydrogens is 195 g/mol. The topological polar surface area (TPSA) is 29.5 Å². The van der Waals surface area contributed by atoms with Crippen molar-refractivity contribution in [3.8, 4) is 11.5 Å². The fraction of sp³-hybridized carbons (Fsp3) is 0.333. The maximum Gasteiger partial charge on any atom is 0.208 e. The summed E-state index contributed by atoms with van der Waals surface area (Å²) in [7, 11) is 0. The van der Waals surface area contributed by atoms with Crippen LogP contribution in [0.1, 0.15) is 13.3 Å². The van der Waals surface area contributed by atoms with Crippen molar-refractivity contribution in [2.45, 2.75) is 13.3 Å². The van der Waals surface area contributed by atoms with Gasteiger partial charge in [0.1, 0.15) is 0 Å². The van der Waals surface area contributed by atoms with Gasteiger partial charge in [-0.2, -0.15) is 4.39 Å². The van der Waals surface area contributed by atoms with Gasteiger partial charge in [0, 0.05) is 0 Å². The lowest BCUT2D eigenvalue weighted by Gasteiger charge is -2.08. The Morgan fingerprint density at radius 3 is 2.85 bits per heavy atom. The fourth-order valence-electron chi connectivity index (χ4n) is 0.859. The lowest BCUT2D eigenvalue weighted by molar-refractivity contribution is 0.295. The molecule has 2 nitrogen and oxygen atoms in total. The molecule has 0 bridgehead atoms. The van der Waals surface area contributed by atoms with E-state index in [1.54, 1.807) is 0 Å². The third kappa shape index (κ3) is 2.25. The van der Waals surface area contributed by atoms with Crippen LogP contribution in [0.25, 0.3) is 0 Å². The summed E-state index contributed by atoms with van der Waals surface area (Å²) in [6.07, 6.45) is 0.755. The molecule has 0 saturated heterocycles. The van der Waals surface area contributed by atoms with Gasteiger partial charge >= 0.3 is 0 Å². The second-order valence-electron chi connectivity index (χ2n) is 2.56. The SMILES string of the molecule is CCCOc1c(Cl)ccc(O)c1F. The van der Waals surface area contributed by atoms with Crippen molar-refractivity contribution in [1.29, 1.82) is 0 Å². The second kappa shape index (κ2) is 4.33. The van der Waals surface area contributed by atoms with Gasteiger partial charge in [0.15, 0.2) is 11.5 Å². The summed E-state index contributed by atoms with van der Waals surface area (Å²) in [6.45, 7) is 2.27. The summed E-state index contributed by atoms with van der Waals surface area (Å²) in [5.74, 6) is -1.33. The molecule has 1 rings (SSSR count). The number of phenolic OH excluding ortho intramolecular Hbond substituents is 1. The summed E-state index contributed by atoms with van der Waals surface area (Å²) in [4.78, 5) is 0. The van der Waals surface area contributed by atoms with Crippen LogP contribution in [0.3, 0.4) is 0 Å². The minimum absolute atomic E-state index is 0.0801. The number of rotatable bonds is 3. The summed E-state index contributed by atoms with van der Waals surface area (Å²) < 4.78 is 18.2. The van der Waals surface area contributed by atoms with Gasteiger partial charge in [0.05, 0.1) is 11.6 Å². The Labute approximate surface area is 80.9 Å². The Hall–Kier alpha value is -0.960.